The van der Waals surface area contributed by atoms with Crippen LogP contribution in [0.3, 0.4) is 0 Å². The monoisotopic (exact) mass is 314 g/mol. The first-order chi connectivity index (χ1) is 11.0. The molecule has 1 aliphatic heterocycles. The lowest BCUT2D eigenvalue weighted by Crippen LogP contribution is -2.32. The van der Waals surface area contributed by atoms with Gasteiger partial charge in [0.1, 0.15) is 11.6 Å². The van der Waals surface area contributed by atoms with E-state index in [4.69, 9.17) is 17.2 Å². The normalized spacial score (nSPS) is 20.5. The molecule has 1 heterocycles. The van der Waals surface area contributed by atoms with Crippen LogP contribution in [0.4, 0.5) is 0 Å². The minimum Gasteiger partial charge on any atom is -0.507 e. The minimum absolute atomic E-state index is 0.136. The number of allylic oxidation sites excluding steroid dienone is 2. The Hall–Kier alpha value is -2.56. The van der Waals surface area contributed by atoms with E-state index in [9.17, 15) is 5.11 Å². The SMILES string of the molecule is CC1CC/C=C\CN(C(/C=C(\N)c2ccccc2O)=C(N)N)C1. The van der Waals surface area contributed by atoms with E-state index in [0.29, 0.717) is 22.9 Å². The van der Waals surface area contributed by atoms with Gasteiger partial charge in [-0.2, -0.15) is 0 Å². The summed E-state index contributed by atoms with van der Waals surface area (Å²) in [6.45, 7) is 3.82. The Morgan fingerprint density at radius 2 is 1.96 bits per heavy atom. The molecular weight excluding hydrogens is 288 g/mol. The van der Waals surface area contributed by atoms with Gasteiger partial charge in [-0.25, -0.2) is 0 Å². The first-order valence-electron chi connectivity index (χ1n) is 7.89. The number of hydrogen-bond acceptors (Lipinski definition) is 5. The van der Waals surface area contributed by atoms with Crippen molar-refractivity contribution in [1.29, 1.82) is 0 Å². The summed E-state index contributed by atoms with van der Waals surface area (Å²) in [5.74, 6) is 0.899. The van der Waals surface area contributed by atoms with E-state index >= 15 is 0 Å². The largest absolute Gasteiger partial charge is 0.507 e. The number of nitrogens with two attached hydrogens (primary N) is 3. The van der Waals surface area contributed by atoms with Crippen molar-refractivity contribution >= 4 is 5.70 Å². The average molecular weight is 314 g/mol. The van der Waals surface area contributed by atoms with Crippen LogP contribution in [-0.4, -0.2) is 23.1 Å². The molecule has 1 aliphatic rings. The summed E-state index contributed by atoms with van der Waals surface area (Å²) >= 11 is 0. The molecule has 1 aromatic carbocycles. The van der Waals surface area contributed by atoms with Crippen molar-refractivity contribution < 1.29 is 5.11 Å². The Balaban J connectivity index is 2.33. The molecule has 0 saturated carbocycles. The van der Waals surface area contributed by atoms with Crippen molar-refractivity contribution in [2.24, 2.45) is 23.1 Å². The Morgan fingerprint density at radius 1 is 1.22 bits per heavy atom. The maximum Gasteiger partial charge on any atom is 0.124 e. The molecule has 0 aromatic heterocycles. The van der Waals surface area contributed by atoms with Gasteiger partial charge in [-0.3, -0.25) is 0 Å². The molecule has 1 atom stereocenters. The van der Waals surface area contributed by atoms with Crippen molar-refractivity contribution in [1.82, 2.24) is 4.90 Å². The lowest BCUT2D eigenvalue weighted by molar-refractivity contribution is 0.310. The number of rotatable bonds is 3. The Kier molecular flexibility index (Phi) is 5.57. The van der Waals surface area contributed by atoms with Crippen LogP contribution in [-0.2, 0) is 0 Å². The first-order valence-corrected chi connectivity index (χ1v) is 7.89. The minimum atomic E-state index is 0.136. The molecular formula is C18H26N4O. The summed E-state index contributed by atoms with van der Waals surface area (Å²) in [4.78, 5) is 2.13. The predicted octanol–water partition coefficient (Wildman–Crippen LogP) is 2.07. The van der Waals surface area contributed by atoms with Crippen LogP contribution in [0.5, 0.6) is 5.75 Å². The number of nitrogens with zero attached hydrogens (tertiary/aromatic N) is 1. The highest BCUT2D eigenvalue weighted by Crippen LogP contribution is 2.24. The van der Waals surface area contributed by atoms with E-state index in [-0.39, 0.29) is 11.6 Å². The molecule has 0 amide bonds. The van der Waals surface area contributed by atoms with Gasteiger partial charge in [0.15, 0.2) is 0 Å². The lowest BCUT2D eigenvalue weighted by Gasteiger charge is -2.29. The summed E-state index contributed by atoms with van der Waals surface area (Å²) in [7, 11) is 0. The van der Waals surface area contributed by atoms with Crippen molar-refractivity contribution in [2.75, 3.05) is 13.1 Å². The number of phenols is 1. The van der Waals surface area contributed by atoms with E-state index < -0.39 is 0 Å². The van der Waals surface area contributed by atoms with Crippen LogP contribution in [0.1, 0.15) is 25.3 Å². The van der Waals surface area contributed by atoms with Gasteiger partial charge >= 0.3 is 0 Å². The summed E-state index contributed by atoms with van der Waals surface area (Å²) in [5.41, 5.74) is 19.7. The second-order valence-corrected chi connectivity index (χ2v) is 6.02. The molecule has 0 saturated heterocycles. The molecule has 2 rings (SSSR count). The van der Waals surface area contributed by atoms with Crippen molar-refractivity contribution in [3.05, 3.63) is 59.6 Å². The lowest BCUT2D eigenvalue weighted by atomic mass is 10.0. The molecule has 5 heteroatoms. The third-order valence-electron chi connectivity index (χ3n) is 3.99. The quantitative estimate of drug-likeness (QED) is 0.505. The van der Waals surface area contributed by atoms with Crippen molar-refractivity contribution in [3.8, 4) is 5.75 Å². The molecule has 5 nitrogen and oxygen atoms in total. The van der Waals surface area contributed by atoms with Crippen molar-refractivity contribution in [2.45, 2.75) is 19.8 Å². The number of hydrogen-bond donors (Lipinski definition) is 4. The fourth-order valence-electron chi connectivity index (χ4n) is 2.74. The molecule has 0 fully saturated rings. The highest BCUT2D eigenvalue weighted by atomic mass is 16.3. The van der Waals surface area contributed by atoms with Gasteiger partial charge in [-0.1, -0.05) is 31.2 Å². The Bertz CT molecular complexity index is 630. The third kappa shape index (κ3) is 4.45. The summed E-state index contributed by atoms with van der Waals surface area (Å²) < 4.78 is 0. The second kappa shape index (κ2) is 7.63. The molecule has 0 radical (unpaired) electrons. The summed E-state index contributed by atoms with van der Waals surface area (Å²) in [6, 6.07) is 6.95. The van der Waals surface area contributed by atoms with Crippen LogP contribution >= 0.6 is 0 Å². The van der Waals surface area contributed by atoms with E-state index in [1.54, 1.807) is 24.3 Å². The van der Waals surface area contributed by atoms with Gasteiger partial charge in [0.25, 0.3) is 0 Å². The molecule has 0 aliphatic carbocycles. The summed E-state index contributed by atoms with van der Waals surface area (Å²) in [6.07, 6.45) is 8.28. The zero-order valence-corrected chi connectivity index (χ0v) is 13.6. The van der Waals surface area contributed by atoms with Crippen LogP contribution in [0.15, 0.2) is 54.0 Å². The zero-order valence-electron chi connectivity index (χ0n) is 13.6. The number of phenolic OH excluding ortho intramolecular Hbond substituents is 1. The van der Waals surface area contributed by atoms with Crippen LogP contribution in [0.25, 0.3) is 5.70 Å². The molecule has 1 aromatic rings. The fraction of sp³-hybridized carbons (Fsp3) is 0.333. The van der Waals surface area contributed by atoms with Gasteiger partial charge in [0.05, 0.1) is 5.70 Å². The Morgan fingerprint density at radius 3 is 2.65 bits per heavy atom. The van der Waals surface area contributed by atoms with Gasteiger partial charge in [0, 0.05) is 24.4 Å². The van der Waals surface area contributed by atoms with Gasteiger partial charge in [-0.05, 0) is 37.0 Å². The van der Waals surface area contributed by atoms with Crippen molar-refractivity contribution in [3.63, 3.8) is 0 Å². The molecule has 1 unspecified atom stereocenters. The molecule has 23 heavy (non-hydrogen) atoms. The van der Waals surface area contributed by atoms with E-state index in [0.717, 1.165) is 25.9 Å². The van der Waals surface area contributed by atoms with Gasteiger partial charge < -0.3 is 27.2 Å². The smallest absolute Gasteiger partial charge is 0.124 e. The number of benzene rings is 1. The maximum absolute atomic E-state index is 9.94. The van der Waals surface area contributed by atoms with Gasteiger partial charge in [0.2, 0.25) is 0 Å². The summed E-state index contributed by atoms with van der Waals surface area (Å²) in [5, 5.41) is 9.94. The number of para-hydroxylation sites is 1. The molecule has 7 N–H and O–H groups in total. The molecule has 0 bridgehead atoms. The Labute approximate surface area is 137 Å². The second-order valence-electron chi connectivity index (χ2n) is 6.02. The van der Waals surface area contributed by atoms with E-state index in [2.05, 4.69) is 24.0 Å². The highest BCUT2D eigenvalue weighted by Gasteiger charge is 2.16. The maximum atomic E-state index is 9.94. The van der Waals surface area contributed by atoms with Gasteiger partial charge in [-0.15, -0.1) is 0 Å². The van der Waals surface area contributed by atoms with E-state index in [1.165, 1.54) is 0 Å². The average Bonchev–Trinajstić information content (AvgIpc) is 2.48. The van der Waals surface area contributed by atoms with Crippen LogP contribution < -0.4 is 17.2 Å². The third-order valence-corrected chi connectivity index (χ3v) is 3.99. The zero-order chi connectivity index (χ0) is 16.8. The standard InChI is InChI=1S/C18H26N4O/c1-13-7-3-2-6-10-22(12-13)16(18(20)21)11-15(19)14-8-4-5-9-17(14)23/h2,4-6,8-9,11,13,23H,3,7,10,12,19-21H2,1H3/b6-2-,15-11-. The predicted molar refractivity (Wildman–Crippen MR) is 94.8 cm³/mol. The van der Waals surface area contributed by atoms with E-state index in [1.807, 2.05) is 6.07 Å². The molecule has 124 valence electrons. The first kappa shape index (κ1) is 16.8. The molecule has 0 spiro atoms. The van der Waals surface area contributed by atoms with Crippen LogP contribution in [0, 0.1) is 5.92 Å². The topological polar surface area (TPSA) is 102 Å². The van der Waals surface area contributed by atoms with Crippen LogP contribution in [0.2, 0.25) is 0 Å². The fourth-order valence-corrected chi connectivity index (χ4v) is 2.74. The highest BCUT2D eigenvalue weighted by molar-refractivity contribution is 5.69. The number of aromatic hydroxyl groups is 1.